The maximum Gasteiger partial charge on any atom is 2.00 e. The molecule has 42 valence electrons. The third kappa shape index (κ3) is 116. The number of hydrogen-bond donors (Lipinski definition) is 1. The van der Waals surface area contributed by atoms with Crippen molar-refractivity contribution in [3.63, 3.8) is 0 Å². The fourth-order valence-corrected chi connectivity index (χ4v) is 0. The first-order chi connectivity index (χ1) is 1.73. The van der Waals surface area contributed by atoms with Crippen molar-refractivity contribution in [2.75, 3.05) is 0 Å². The molecule has 0 fully saturated rings. The smallest absolute Gasteiger partial charge is 0.854 e. The van der Waals surface area contributed by atoms with Gasteiger partial charge in [0.25, 0.3) is 0 Å². The summed E-state index contributed by atoms with van der Waals surface area (Å²) in [4.78, 5) is 25.4. The molecular weight excluding hydrogens is 152 g/mol. The van der Waals surface area contributed by atoms with Crippen molar-refractivity contribution in [2.45, 2.75) is 0 Å². The topological polar surface area (TPSA) is 106 Å². The summed E-state index contributed by atoms with van der Waals surface area (Å²) >= 11 is 0. The summed E-state index contributed by atoms with van der Waals surface area (Å²) in [7, 11) is -3.37. The first-order valence-corrected chi connectivity index (χ1v) is 1.64. The Labute approximate surface area is 46.7 Å². The van der Waals surface area contributed by atoms with Gasteiger partial charge in [-0.15, -0.1) is 0 Å². The zero-order valence-electron chi connectivity index (χ0n) is 2.99. The number of hydrogen-bond acceptors (Lipinski definition) is 3. The molecule has 0 aromatic carbocycles. The summed E-state index contributed by atoms with van der Waals surface area (Å²) in [5, 5.41) is 0. The van der Waals surface area contributed by atoms with Gasteiger partial charge in [-0.05, 0) is 0 Å². The van der Waals surface area contributed by atoms with Crippen molar-refractivity contribution in [1.82, 2.24) is 6.15 Å². The van der Waals surface area contributed by atoms with Gasteiger partial charge in [-0.1, -0.05) is 0 Å². The molecule has 0 amide bonds. The van der Waals surface area contributed by atoms with Crippen molar-refractivity contribution in [2.24, 2.45) is 0 Å². The van der Waals surface area contributed by atoms with Gasteiger partial charge in [-0.3, -0.25) is 0 Å². The Hall–Kier alpha value is 0.764. The number of rotatable bonds is 0. The first kappa shape index (κ1) is 15.9. The van der Waals surface area contributed by atoms with E-state index in [0.29, 0.717) is 0 Å². The van der Waals surface area contributed by atoms with E-state index in [2.05, 4.69) is 0 Å². The quantitative estimate of drug-likeness (QED) is 0.313. The Morgan fingerprint density at radius 2 is 1.00 bits per heavy atom. The van der Waals surface area contributed by atoms with Gasteiger partial charge < -0.3 is 29.4 Å². The van der Waals surface area contributed by atoms with Crippen molar-refractivity contribution in [1.29, 1.82) is 0 Å². The predicted molar refractivity (Wildman–Crippen MR) is 12.9 cm³/mol. The summed E-state index contributed by atoms with van der Waals surface area (Å²) in [6.07, 6.45) is 0. The van der Waals surface area contributed by atoms with Crippen LogP contribution in [0, 0.1) is 0 Å². The van der Waals surface area contributed by atoms with E-state index in [1.54, 1.807) is 0 Å². The molecule has 0 aliphatic rings. The summed E-state index contributed by atoms with van der Waals surface area (Å²) in [6.45, 7) is 0. The summed E-state index contributed by atoms with van der Waals surface area (Å²) in [5.74, 6) is 0. The van der Waals surface area contributed by atoms with Crippen LogP contribution in [0.1, 0.15) is 0 Å². The van der Waals surface area contributed by atoms with Crippen LogP contribution in [0.25, 0.3) is 0 Å². The molecule has 6 heavy (non-hydrogen) atoms. The van der Waals surface area contributed by atoms with Crippen LogP contribution in [0.4, 0.5) is 0 Å². The van der Waals surface area contributed by atoms with Crippen LogP contribution in [0.2, 0.25) is 0 Å². The zero-order valence-corrected chi connectivity index (χ0v) is 4.87. The van der Waals surface area contributed by atoms with Crippen molar-refractivity contribution in [3.05, 3.63) is 0 Å². The maximum absolute atomic E-state index is 8.48. The zero-order chi connectivity index (χ0) is 3.58. The van der Waals surface area contributed by atoms with E-state index in [1.165, 1.54) is 0 Å². The van der Waals surface area contributed by atoms with E-state index in [4.69, 9.17) is 14.7 Å². The normalized spacial score (nSPS) is 6.00. The van der Waals surface area contributed by atoms with Crippen molar-refractivity contribution in [3.8, 4) is 0 Å². The minimum Gasteiger partial charge on any atom is -0.854 e. The van der Waals surface area contributed by atoms with Gasteiger partial charge >= 0.3 is 16.5 Å². The van der Waals surface area contributed by atoms with Gasteiger partial charge in [0.2, 0.25) is 0 Å². The Kier molecular flexibility index (Phi) is 24.4. The second-order valence-corrected chi connectivity index (χ2v) is 0.671. The second-order valence-electron chi connectivity index (χ2n) is 0.224. The van der Waals surface area contributed by atoms with Gasteiger partial charge in [0, 0.05) is 0 Å². The van der Waals surface area contributed by atoms with Gasteiger partial charge in [-0.25, -0.2) is 0 Å². The minimum absolute atomic E-state index is 0. The fourth-order valence-electron chi connectivity index (χ4n) is 0. The van der Waals surface area contributed by atoms with Crippen LogP contribution in [-0.4, -0.2) is 0 Å². The van der Waals surface area contributed by atoms with E-state index in [1.807, 2.05) is 0 Å². The van der Waals surface area contributed by atoms with E-state index < -0.39 is 8.60 Å². The van der Waals surface area contributed by atoms with Crippen LogP contribution in [0.15, 0.2) is 0 Å². The average Bonchev–Trinajstić information content (AvgIpc) is 0.811. The first-order valence-electron chi connectivity index (χ1n) is 0.548. The van der Waals surface area contributed by atoms with Crippen molar-refractivity contribution < 1.29 is 31.2 Å². The Morgan fingerprint density at radius 3 is 1.00 bits per heavy atom. The van der Waals surface area contributed by atoms with Crippen LogP contribution < -0.4 is 20.8 Å². The molecule has 0 aromatic heterocycles. The monoisotopic (exact) mass is 155 g/mol. The van der Waals surface area contributed by atoms with Gasteiger partial charge in [0.15, 0.2) is 0 Å². The molecular formula is H4NNiO3P. The van der Waals surface area contributed by atoms with Crippen LogP contribution >= 0.6 is 8.60 Å². The summed E-state index contributed by atoms with van der Waals surface area (Å²) in [5.41, 5.74) is 0. The molecule has 4 nitrogen and oxygen atoms in total. The Morgan fingerprint density at radius 1 is 1.00 bits per heavy atom. The maximum atomic E-state index is 8.48. The Balaban J connectivity index is -0.0000000450. The SMILES string of the molecule is [NH4+].[Ni+2].[O-]P([O-])[O-]. The standard InChI is InChI=1S/H3N.Ni.O3P/c;;1-4(2)3/h1H3;;/q;+2;-3/p+1. The molecule has 0 aliphatic heterocycles. The average molecular weight is 156 g/mol. The van der Waals surface area contributed by atoms with Crippen LogP contribution in [0.3, 0.4) is 0 Å². The third-order valence-electron chi connectivity index (χ3n) is 0. The molecule has 0 radical (unpaired) electrons. The number of quaternary nitrogens is 1. The molecule has 0 aliphatic carbocycles. The van der Waals surface area contributed by atoms with Crippen molar-refractivity contribution >= 4 is 8.60 Å². The molecule has 0 saturated heterocycles. The van der Waals surface area contributed by atoms with Gasteiger partial charge in [0.1, 0.15) is 0 Å². The molecule has 6 heteroatoms. The summed E-state index contributed by atoms with van der Waals surface area (Å²) in [6, 6.07) is 0. The van der Waals surface area contributed by atoms with Gasteiger partial charge in [-0.2, -0.15) is 0 Å². The minimum atomic E-state index is -3.37. The summed E-state index contributed by atoms with van der Waals surface area (Å²) < 4.78 is 0. The second kappa shape index (κ2) is 9.23. The Bertz CT molecular complexity index is 15.5. The molecule has 0 heterocycles. The van der Waals surface area contributed by atoms with Crippen LogP contribution in [0.5, 0.6) is 0 Å². The molecule has 0 atom stereocenters. The van der Waals surface area contributed by atoms with E-state index >= 15 is 0 Å². The molecule has 0 unspecified atom stereocenters. The largest absolute Gasteiger partial charge is 2.00 e. The molecule has 0 saturated carbocycles. The molecule has 0 rings (SSSR count). The van der Waals surface area contributed by atoms with E-state index in [0.717, 1.165) is 0 Å². The predicted octanol–water partition coefficient (Wildman–Crippen LogP) is -2.33. The van der Waals surface area contributed by atoms with Crippen LogP contribution in [-0.2, 0) is 16.5 Å². The van der Waals surface area contributed by atoms with E-state index in [9.17, 15) is 0 Å². The third-order valence-corrected chi connectivity index (χ3v) is 0. The molecule has 0 bridgehead atoms. The molecule has 0 aromatic rings. The molecule has 4 N–H and O–H groups in total. The van der Waals surface area contributed by atoms with E-state index in [-0.39, 0.29) is 22.6 Å². The molecule has 0 spiro atoms. The fraction of sp³-hybridized carbons (Fsp3) is 0. The van der Waals surface area contributed by atoms with Gasteiger partial charge in [0.05, 0.1) is 0 Å².